The Hall–Kier alpha value is -1.63. The molecule has 0 aliphatic carbocycles. The quantitative estimate of drug-likeness (QED) is 0.459. The van der Waals surface area contributed by atoms with Gasteiger partial charge in [-0.15, -0.1) is 0 Å². The van der Waals surface area contributed by atoms with E-state index in [1.165, 1.54) is 0 Å². The number of pyridine rings is 1. The summed E-state index contributed by atoms with van der Waals surface area (Å²) in [5.41, 5.74) is -2.45. The predicted octanol–water partition coefficient (Wildman–Crippen LogP) is 2.39. The van der Waals surface area contributed by atoms with Gasteiger partial charge in [-0.3, -0.25) is 14.9 Å². The van der Waals surface area contributed by atoms with Crippen molar-refractivity contribution in [3.63, 3.8) is 0 Å². The number of hydrogen-bond donors (Lipinski definition) is 0. The first-order chi connectivity index (χ1) is 6.97. The highest BCUT2D eigenvalue weighted by molar-refractivity contribution is 6.33. The maximum Gasteiger partial charge on any atom is 0.315 e. The number of halogens is 3. The lowest BCUT2D eigenvalue weighted by atomic mass is 10.2. The summed E-state index contributed by atoms with van der Waals surface area (Å²) in [7, 11) is 0. The Morgan fingerprint density at radius 3 is 2.60 bits per heavy atom. The highest BCUT2D eigenvalue weighted by atomic mass is 35.5. The standard InChI is InChI=1S/C7H3ClF2N2O3/c8-4-1-3(2-13)11-5(7(9)10)6(4)12(14)15/h1-2,7H. The first-order valence-electron chi connectivity index (χ1n) is 3.55. The minimum atomic E-state index is -3.16. The van der Waals surface area contributed by atoms with E-state index in [0.717, 1.165) is 6.07 Å². The van der Waals surface area contributed by atoms with Gasteiger partial charge in [0.1, 0.15) is 10.7 Å². The van der Waals surface area contributed by atoms with E-state index in [9.17, 15) is 23.7 Å². The largest absolute Gasteiger partial charge is 0.315 e. The lowest BCUT2D eigenvalue weighted by Gasteiger charge is -2.03. The molecule has 0 radical (unpaired) electrons. The molecule has 0 atom stereocenters. The molecule has 0 bridgehead atoms. The van der Waals surface area contributed by atoms with Crippen LogP contribution in [0.2, 0.25) is 5.02 Å². The molecule has 15 heavy (non-hydrogen) atoms. The number of aldehydes is 1. The van der Waals surface area contributed by atoms with Gasteiger partial charge in [-0.05, 0) is 6.07 Å². The molecule has 0 amide bonds. The molecule has 0 fully saturated rings. The van der Waals surface area contributed by atoms with Crippen LogP contribution < -0.4 is 0 Å². The van der Waals surface area contributed by atoms with Crippen molar-refractivity contribution < 1.29 is 18.5 Å². The fourth-order valence-electron chi connectivity index (χ4n) is 0.938. The van der Waals surface area contributed by atoms with Gasteiger partial charge in [0, 0.05) is 0 Å². The summed E-state index contributed by atoms with van der Waals surface area (Å²) >= 11 is 5.38. The molecular weight excluding hydrogens is 234 g/mol. The van der Waals surface area contributed by atoms with Crippen LogP contribution in [0, 0.1) is 10.1 Å². The monoisotopic (exact) mass is 236 g/mol. The second kappa shape index (κ2) is 4.26. The van der Waals surface area contributed by atoms with Gasteiger partial charge in [-0.25, -0.2) is 13.8 Å². The summed E-state index contributed by atoms with van der Waals surface area (Å²) < 4.78 is 24.7. The number of carbonyl (C=O) groups is 1. The number of rotatable bonds is 3. The van der Waals surface area contributed by atoms with Crippen molar-refractivity contribution in [2.24, 2.45) is 0 Å². The van der Waals surface area contributed by atoms with E-state index in [2.05, 4.69) is 4.98 Å². The van der Waals surface area contributed by atoms with Crippen LogP contribution in [0.1, 0.15) is 22.6 Å². The number of nitro groups is 1. The molecule has 8 heteroatoms. The number of alkyl halides is 2. The van der Waals surface area contributed by atoms with E-state index in [1.807, 2.05) is 0 Å². The van der Waals surface area contributed by atoms with Crippen LogP contribution in [0.4, 0.5) is 14.5 Å². The van der Waals surface area contributed by atoms with E-state index >= 15 is 0 Å². The van der Waals surface area contributed by atoms with E-state index in [-0.39, 0.29) is 12.0 Å². The van der Waals surface area contributed by atoms with Crippen LogP contribution >= 0.6 is 11.6 Å². The fourth-order valence-corrected chi connectivity index (χ4v) is 1.22. The second-order valence-corrected chi connectivity index (χ2v) is 2.85. The lowest BCUT2D eigenvalue weighted by molar-refractivity contribution is -0.386. The van der Waals surface area contributed by atoms with Crippen molar-refractivity contribution in [3.8, 4) is 0 Å². The van der Waals surface area contributed by atoms with Gasteiger partial charge in [-0.1, -0.05) is 11.6 Å². The number of hydrogen-bond acceptors (Lipinski definition) is 4. The summed E-state index contributed by atoms with van der Waals surface area (Å²) in [6, 6.07) is 0.860. The highest BCUT2D eigenvalue weighted by Crippen LogP contribution is 2.33. The van der Waals surface area contributed by atoms with Crippen LogP contribution in [0.25, 0.3) is 0 Å². The lowest BCUT2D eigenvalue weighted by Crippen LogP contribution is -2.02. The summed E-state index contributed by atoms with van der Waals surface area (Å²) in [4.78, 5) is 22.7. The molecule has 0 unspecified atom stereocenters. The topological polar surface area (TPSA) is 73.1 Å². The Kier molecular flexibility index (Phi) is 3.25. The summed E-state index contributed by atoms with van der Waals surface area (Å²) in [5, 5.41) is 9.87. The highest BCUT2D eigenvalue weighted by Gasteiger charge is 2.27. The fraction of sp³-hybridized carbons (Fsp3) is 0.143. The Bertz CT molecular complexity index is 425. The van der Waals surface area contributed by atoms with Crippen LogP contribution in [0.15, 0.2) is 6.07 Å². The number of aromatic nitrogens is 1. The van der Waals surface area contributed by atoms with Crippen molar-refractivity contribution in [1.82, 2.24) is 4.98 Å². The first kappa shape index (κ1) is 11.4. The van der Waals surface area contributed by atoms with Gasteiger partial charge in [-0.2, -0.15) is 0 Å². The van der Waals surface area contributed by atoms with Crippen LogP contribution in [-0.2, 0) is 0 Å². The third-order valence-electron chi connectivity index (χ3n) is 1.50. The molecular formula is C7H3ClF2N2O3. The molecule has 0 N–H and O–H groups in total. The van der Waals surface area contributed by atoms with E-state index in [4.69, 9.17) is 11.6 Å². The van der Waals surface area contributed by atoms with Gasteiger partial charge in [0.25, 0.3) is 6.43 Å². The van der Waals surface area contributed by atoms with Gasteiger partial charge in [0.2, 0.25) is 0 Å². The molecule has 1 rings (SSSR count). The van der Waals surface area contributed by atoms with Crippen molar-refractivity contribution in [3.05, 3.63) is 32.6 Å². The first-order valence-corrected chi connectivity index (χ1v) is 3.93. The molecule has 80 valence electrons. The molecule has 0 saturated carbocycles. The zero-order valence-corrected chi connectivity index (χ0v) is 7.74. The van der Waals surface area contributed by atoms with Crippen molar-refractivity contribution in [2.75, 3.05) is 0 Å². The van der Waals surface area contributed by atoms with Gasteiger partial charge in [0.05, 0.1) is 4.92 Å². The van der Waals surface area contributed by atoms with Crippen LogP contribution in [0.3, 0.4) is 0 Å². The van der Waals surface area contributed by atoms with Crippen molar-refractivity contribution >= 4 is 23.6 Å². The van der Waals surface area contributed by atoms with Crippen LogP contribution in [0.5, 0.6) is 0 Å². The minimum absolute atomic E-state index is 0.182. The minimum Gasteiger partial charge on any atom is -0.296 e. The summed E-state index contributed by atoms with van der Waals surface area (Å²) in [6.45, 7) is 0. The maximum atomic E-state index is 12.3. The zero-order valence-electron chi connectivity index (χ0n) is 6.99. The summed E-state index contributed by atoms with van der Waals surface area (Å²) in [6.07, 6.45) is -2.98. The Balaban J connectivity index is 3.49. The van der Waals surface area contributed by atoms with Crippen molar-refractivity contribution in [1.29, 1.82) is 0 Å². The summed E-state index contributed by atoms with van der Waals surface area (Å²) in [5.74, 6) is 0. The smallest absolute Gasteiger partial charge is 0.296 e. The number of nitrogens with zero attached hydrogens (tertiary/aromatic N) is 2. The number of carbonyl (C=O) groups excluding carboxylic acids is 1. The SMILES string of the molecule is O=Cc1cc(Cl)c([N+](=O)[O-])c(C(F)F)n1. The predicted molar refractivity (Wildman–Crippen MR) is 46.2 cm³/mol. The molecule has 0 aromatic carbocycles. The van der Waals surface area contributed by atoms with E-state index < -0.39 is 27.8 Å². The van der Waals surface area contributed by atoms with Gasteiger partial charge < -0.3 is 0 Å². The Labute approximate surface area is 86.8 Å². The zero-order chi connectivity index (χ0) is 11.6. The normalized spacial score (nSPS) is 10.4. The molecule has 0 aliphatic heterocycles. The third kappa shape index (κ3) is 2.24. The van der Waals surface area contributed by atoms with Gasteiger partial charge >= 0.3 is 5.69 Å². The maximum absolute atomic E-state index is 12.3. The van der Waals surface area contributed by atoms with Crippen LogP contribution in [-0.4, -0.2) is 16.2 Å². The molecule has 1 heterocycles. The average molecular weight is 237 g/mol. The molecule has 0 aliphatic rings. The molecule has 1 aromatic heterocycles. The average Bonchev–Trinajstić information content (AvgIpc) is 2.15. The molecule has 0 saturated heterocycles. The van der Waals surface area contributed by atoms with Crippen molar-refractivity contribution in [2.45, 2.75) is 6.43 Å². The van der Waals surface area contributed by atoms with Gasteiger partial charge in [0.15, 0.2) is 12.0 Å². The Morgan fingerprint density at radius 1 is 1.60 bits per heavy atom. The van der Waals surface area contributed by atoms with E-state index in [1.54, 1.807) is 0 Å². The molecule has 1 aromatic rings. The second-order valence-electron chi connectivity index (χ2n) is 2.44. The molecule has 5 nitrogen and oxygen atoms in total. The Morgan fingerprint density at radius 2 is 2.20 bits per heavy atom. The third-order valence-corrected chi connectivity index (χ3v) is 1.79. The molecule has 0 spiro atoms. The van der Waals surface area contributed by atoms with E-state index in [0.29, 0.717) is 0 Å².